The van der Waals surface area contributed by atoms with Gasteiger partial charge in [0.05, 0.1) is 0 Å². The summed E-state index contributed by atoms with van der Waals surface area (Å²) in [7, 11) is 0. The summed E-state index contributed by atoms with van der Waals surface area (Å²) < 4.78 is 0. The molecule has 5 heteroatoms. The van der Waals surface area contributed by atoms with E-state index in [4.69, 9.17) is 5.73 Å². The van der Waals surface area contributed by atoms with Gasteiger partial charge in [0.25, 0.3) is 0 Å². The van der Waals surface area contributed by atoms with E-state index in [-0.39, 0.29) is 17.7 Å². The second-order valence-corrected chi connectivity index (χ2v) is 5.40. The highest BCUT2D eigenvalue weighted by atomic mass is 16.2. The zero-order chi connectivity index (χ0) is 15.1. The van der Waals surface area contributed by atoms with Crippen LogP contribution in [0.25, 0.3) is 0 Å². The van der Waals surface area contributed by atoms with Gasteiger partial charge in [0.15, 0.2) is 0 Å². The van der Waals surface area contributed by atoms with Crippen molar-refractivity contribution in [2.24, 2.45) is 11.7 Å². The number of nitrogens with two attached hydrogens (primary N) is 1. The molecule has 1 aromatic rings. The van der Waals surface area contributed by atoms with Gasteiger partial charge in [-0.25, -0.2) is 0 Å². The fourth-order valence-corrected chi connectivity index (χ4v) is 2.60. The molecule has 1 aliphatic heterocycles. The standard InChI is InChI=1S/C16H23N3O2/c17-9-6-15(20)19-10-7-14(8-11-19)16(21)18-12-13-4-2-1-3-5-13/h1-5,14H,6-12,17H2,(H,18,21). The lowest BCUT2D eigenvalue weighted by atomic mass is 9.95. The SMILES string of the molecule is NCCC(=O)N1CCC(C(=O)NCc2ccccc2)CC1. The van der Waals surface area contributed by atoms with Gasteiger partial charge in [-0.3, -0.25) is 9.59 Å². The predicted octanol–water partition coefficient (Wildman–Crippen LogP) is 0.890. The molecule has 1 saturated heterocycles. The van der Waals surface area contributed by atoms with Crippen molar-refractivity contribution in [3.63, 3.8) is 0 Å². The van der Waals surface area contributed by atoms with E-state index in [1.54, 1.807) is 0 Å². The monoisotopic (exact) mass is 289 g/mol. The number of piperidine rings is 1. The Bertz CT molecular complexity index is 468. The van der Waals surface area contributed by atoms with Gasteiger partial charge in [-0.2, -0.15) is 0 Å². The Kier molecular flexibility index (Phi) is 5.75. The van der Waals surface area contributed by atoms with Crippen molar-refractivity contribution in [1.29, 1.82) is 0 Å². The molecule has 0 atom stereocenters. The van der Waals surface area contributed by atoms with Crippen LogP contribution in [0.3, 0.4) is 0 Å². The summed E-state index contributed by atoms with van der Waals surface area (Å²) in [5.74, 6) is 0.195. The van der Waals surface area contributed by atoms with Crippen LogP contribution in [-0.2, 0) is 16.1 Å². The first-order valence-corrected chi connectivity index (χ1v) is 7.50. The van der Waals surface area contributed by atoms with Gasteiger partial charge in [-0.15, -0.1) is 0 Å². The molecule has 21 heavy (non-hydrogen) atoms. The van der Waals surface area contributed by atoms with Gasteiger partial charge >= 0.3 is 0 Å². The smallest absolute Gasteiger partial charge is 0.223 e. The van der Waals surface area contributed by atoms with Crippen molar-refractivity contribution < 1.29 is 9.59 Å². The van der Waals surface area contributed by atoms with Crippen molar-refractivity contribution in [3.8, 4) is 0 Å². The number of nitrogens with one attached hydrogen (secondary N) is 1. The van der Waals surface area contributed by atoms with Gasteiger partial charge in [-0.05, 0) is 18.4 Å². The molecule has 0 radical (unpaired) electrons. The number of amides is 2. The van der Waals surface area contributed by atoms with Crippen LogP contribution in [0.1, 0.15) is 24.8 Å². The van der Waals surface area contributed by atoms with E-state index in [2.05, 4.69) is 5.32 Å². The van der Waals surface area contributed by atoms with Crippen LogP contribution in [-0.4, -0.2) is 36.3 Å². The normalized spacial score (nSPS) is 15.8. The molecule has 2 amide bonds. The molecule has 1 fully saturated rings. The Labute approximate surface area is 125 Å². The number of carbonyl (C=O) groups excluding carboxylic acids is 2. The largest absolute Gasteiger partial charge is 0.352 e. The Morgan fingerprint density at radius 1 is 1.19 bits per heavy atom. The highest BCUT2D eigenvalue weighted by Crippen LogP contribution is 2.18. The maximum Gasteiger partial charge on any atom is 0.223 e. The van der Waals surface area contributed by atoms with E-state index in [1.807, 2.05) is 35.2 Å². The Balaban J connectivity index is 1.74. The highest BCUT2D eigenvalue weighted by Gasteiger charge is 2.26. The Morgan fingerprint density at radius 2 is 1.86 bits per heavy atom. The Morgan fingerprint density at radius 3 is 2.48 bits per heavy atom. The third kappa shape index (κ3) is 4.56. The molecule has 0 unspecified atom stereocenters. The fraction of sp³-hybridized carbons (Fsp3) is 0.500. The van der Waals surface area contributed by atoms with Crippen LogP contribution in [0.15, 0.2) is 30.3 Å². The third-order valence-electron chi connectivity index (χ3n) is 3.89. The van der Waals surface area contributed by atoms with Gasteiger partial charge in [0.1, 0.15) is 0 Å². The number of likely N-dealkylation sites (tertiary alicyclic amines) is 1. The van der Waals surface area contributed by atoms with Crippen molar-refractivity contribution in [2.45, 2.75) is 25.8 Å². The molecule has 0 aliphatic carbocycles. The van der Waals surface area contributed by atoms with Crippen LogP contribution in [0.5, 0.6) is 0 Å². The minimum Gasteiger partial charge on any atom is -0.352 e. The lowest BCUT2D eigenvalue weighted by Gasteiger charge is -2.31. The second kappa shape index (κ2) is 7.78. The number of rotatable bonds is 5. The van der Waals surface area contributed by atoms with Crippen molar-refractivity contribution in [3.05, 3.63) is 35.9 Å². The molecule has 0 spiro atoms. The highest BCUT2D eigenvalue weighted by molar-refractivity contribution is 5.80. The molecule has 0 bridgehead atoms. The first-order valence-electron chi connectivity index (χ1n) is 7.50. The maximum absolute atomic E-state index is 12.1. The summed E-state index contributed by atoms with van der Waals surface area (Å²) >= 11 is 0. The van der Waals surface area contributed by atoms with Crippen LogP contribution < -0.4 is 11.1 Å². The number of carbonyl (C=O) groups is 2. The van der Waals surface area contributed by atoms with Gasteiger partial charge in [-0.1, -0.05) is 30.3 Å². The van der Waals surface area contributed by atoms with E-state index < -0.39 is 0 Å². The first-order chi connectivity index (χ1) is 10.2. The first kappa shape index (κ1) is 15.5. The summed E-state index contributed by atoms with van der Waals surface area (Å²) in [6.45, 7) is 2.26. The van der Waals surface area contributed by atoms with Gasteiger partial charge in [0, 0.05) is 38.5 Å². The van der Waals surface area contributed by atoms with Gasteiger partial charge in [0.2, 0.25) is 11.8 Å². The molecular weight excluding hydrogens is 266 g/mol. The quantitative estimate of drug-likeness (QED) is 0.845. The van der Waals surface area contributed by atoms with Crippen LogP contribution in [0, 0.1) is 5.92 Å². The lowest BCUT2D eigenvalue weighted by molar-refractivity contribution is -0.135. The summed E-state index contributed by atoms with van der Waals surface area (Å²) in [5, 5.41) is 2.98. The third-order valence-corrected chi connectivity index (χ3v) is 3.89. The Hall–Kier alpha value is -1.88. The fourth-order valence-electron chi connectivity index (χ4n) is 2.60. The molecule has 5 nitrogen and oxygen atoms in total. The number of hydrogen-bond donors (Lipinski definition) is 2. The minimum atomic E-state index is 0.00985. The molecule has 114 valence electrons. The summed E-state index contributed by atoms with van der Waals surface area (Å²) in [6.07, 6.45) is 1.86. The minimum absolute atomic E-state index is 0.00985. The zero-order valence-corrected chi connectivity index (χ0v) is 12.3. The molecule has 1 heterocycles. The molecule has 1 aromatic carbocycles. The lowest BCUT2D eigenvalue weighted by Crippen LogP contribution is -2.43. The number of nitrogens with zero attached hydrogens (tertiary/aromatic N) is 1. The summed E-state index contributed by atoms with van der Waals surface area (Å²) in [5.41, 5.74) is 6.49. The van der Waals surface area contributed by atoms with E-state index in [9.17, 15) is 9.59 Å². The topological polar surface area (TPSA) is 75.4 Å². The molecule has 3 N–H and O–H groups in total. The summed E-state index contributed by atoms with van der Waals surface area (Å²) in [6, 6.07) is 9.87. The van der Waals surface area contributed by atoms with Crippen LogP contribution in [0.4, 0.5) is 0 Å². The molecule has 2 rings (SSSR count). The van der Waals surface area contributed by atoms with Crippen LogP contribution >= 0.6 is 0 Å². The molecule has 0 aromatic heterocycles. The molecular formula is C16H23N3O2. The average molecular weight is 289 g/mol. The van der Waals surface area contributed by atoms with Crippen molar-refractivity contribution in [2.75, 3.05) is 19.6 Å². The van der Waals surface area contributed by atoms with E-state index in [0.29, 0.717) is 32.6 Å². The summed E-state index contributed by atoms with van der Waals surface area (Å²) in [4.78, 5) is 25.7. The van der Waals surface area contributed by atoms with Crippen LogP contribution in [0.2, 0.25) is 0 Å². The average Bonchev–Trinajstić information content (AvgIpc) is 2.54. The zero-order valence-electron chi connectivity index (χ0n) is 12.3. The predicted molar refractivity (Wildman–Crippen MR) is 81.3 cm³/mol. The maximum atomic E-state index is 12.1. The van der Waals surface area contributed by atoms with E-state index >= 15 is 0 Å². The van der Waals surface area contributed by atoms with E-state index in [1.165, 1.54) is 0 Å². The second-order valence-electron chi connectivity index (χ2n) is 5.40. The molecule has 0 saturated carbocycles. The van der Waals surface area contributed by atoms with Crippen molar-refractivity contribution in [1.82, 2.24) is 10.2 Å². The molecule has 1 aliphatic rings. The van der Waals surface area contributed by atoms with Crippen molar-refractivity contribution >= 4 is 11.8 Å². The number of hydrogen-bond acceptors (Lipinski definition) is 3. The van der Waals surface area contributed by atoms with E-state index in [0.717, 1.165) is 18.4 Å². The van der Waals surface area contributed by atoms with Gasteiger partial charge < -0.3 is 16.0 Å². The number of benzene rings is 1.